The maximum absolute atomic E-state index is 14.6. The lowest BCUT2D eigenvalue weighted by Crippen LogP contribution is -2.43. The quantitative estimate of drug-likeness (QED) is 0.275. The number of anilines is 2. The number of rotatable bonds is 9. The lowest BCUT2D eigenvalue weighted by Gasteiger charge is -2.29. The van der Waals surface area contributed by atoms with Gasteiger partial charge in [-0.25, -0.2) is 9.37 Å². The molecule has 2 aliphatic rings. The number of thiazole rings is 1. The van der Waals surface area contributed by atoms with Crippen LogP contribution in [-0.4, -0.2) is 61.8 Å². The third kappa shape index (κ3) is 5.71. The first-order valence-corrected chi connectivity index (χ1v) is 14.5. The van der Waals surface area contributed by atoms with Gasteiger partial charge in [-0.2, -0.15) is 0 Å². The molecule has 6 rings (SSSR count). The zero-order valence-corrected chi connectivity index (χ0v) is 23.8. The van der Waals surface area contributed by atoms with Crippen molar-refractivity contribution in [1.82, 2.24) is 15.2 Å². The Kier molecular flexibility index (Phi) is 8.13. The molecule has 0 saturated carbocycles. The van der Waals surface area contributed by atoms with Gasteiger partial charge in [-0.3, -0.25) is 14.9 Å². The number of piperazine rings is 1. The van der Waals surface area contributed by atoms with Crippen LogP contribution in [0.5, 0.6) is 5.75 Å². The summed E-state index contributed by atoms with van der Waals surface area (Å²) >= 11 is 1.25. The zero-order chi connectivity index (χ0) is 29.1. The number of carbonyl (C=O) groups is 2. The molecule has 0 radical (unpaired) electrons. The van der Waals surface area contributed by atoms with Crippen molar-refractivity contribution in [1.29, 1.82) is 0 Å². The predicted octanol–water partition coefficient (Wildman–Crippen LogP) is 4.68. The number of aromatic nitrogens is 1. The van der Waals surface area contributed by atoms with Crippen LogP contribution in [0.15, 0.2) is 72.2 Å². The number of carbonyl (C=O) groups excluding carboxylic acids is 2. The summed E-state index contributed by atoms with van der Waals surface area (Å²) in [7, 11) is 1.47. The Morgan fingerprint density at radius 3 is 2.62 bits per heavy atom. The van der Waals surface area contributed by atoms with Crippen LogP contribution in [0.3, 0.4) is 0 Å². The number of ether oxygens (including phenoxy) is 2. The Balaban J connectivity index is 1.31. The van der Waals surface area contributed by atoms with E-state index in [0.29, 0.717) is 10.7 Å². The predicted molar refractivity (Wildman–Crippen MR) is 159 cm³/mol. The summed E-state index contributed by atoms with van der Waals surface area (Å²) in [6.07, 6.45) is 1.57. The van der Waals surface area contributed by atoms with Crippen molar-refractivity contribution < 1.29 is 23.5 Å². The third-order valence-electron chi connectivity index (χ3n) is 7.45. The number of nitrogens with zero attached hydrogens (tertiary/aromatic N) is 3. The Morgan fingerprint density at radius 1 is 1.10 bits per heavy atom. The van der Waals surface area contributed by atoms with Gasteiger partial charge in [0.05, 0.1) is 0 Å². The molecule has 216 valence electrons. The number of halogens is 1. The minimum atomic E-state index is -1.18. The van der Waals surface area contributed by atoms with Gasteiger partial charge in [0.25, 0.3) is 11.8 Å². The first-order chi connectivity index (χ1) is 20.5. The average molecular weight is 588 g/mol. The van der Waals surface area contributed by atoms with Gasteiger partial charge in [-0.1, -0.05) is 24.3 Å². The summed E-state index contributed by atoms with van der Waals surface area (Å²) in [6.45, 7) is 3.91. The molecular formula is C31H30FN5O4S. The van der Waals surface area contributed by atoms with E-state index in [1.165, 1.54) is 47.2 Å². The topological polar surface area (TPSA) is 96.0 Å². The van der Waals surface area contributed by atoms with Gasteiger partial charge in [0.15, 0.2) is 11.9 Å². The maximum Gasteiger partial charge on any atom is 0.255 e. The van der Waals surface area contributed by atoms with Crippen molar-refractivity contribution in [3.05, 3.63) is 94.7 Å². The second kappa shape index (κ2) is 12.3. The first-order valence-electron chi connectivity index (χ1n) is 13.6. The number of hydrogen-bond acceptors (Lipinski definition) is 8. The monoisotopic (exact) mass is 587 g/mol. The Labute approximate surface area is 246 Å². The molecule has 1 aromatic heterocycles. The van der Waals surface area contributed by atoms with Gasteiger partial charge >= 0.3 is 0 Å². The van der Waals surface area contributed by atoms with E-state index < -0.39 is 17.8 Å². The summed E-state index contributed by atoms with van der Waals surface area (Å²) in [5.74, 6) is -1.17. The second-order valence-corrected chi connectivity index (χ2v) is 10.9. The number of amides is 2. The summed E-state index contributed by atoms with van der Waals surface area (Å²) in [5.41, 5.74) is 4.55. The Bertz CT molecular complexity index is 1570. The van der Waals surface area contributed by atoms with Crippen molar-refractivity contribution in [3.63, 3.8) is 0 Å². The van der Waals surface area contributed by atoms with E-state index in [1.807, 2.05) is 18.2 Å². The fraction of sp³-hybridized carbons (Fsp3) is 0.258. The van der Waals surface area contributed by atoms with E-state index >= 15 is 0 Å². The summed E-state index contributed by atoms with van der Waals surface area (Å²) in [4.78, 5) is 35.6. The van der Waals surface area contributed by atoms with Crippen molar-refractivity contribution in [2.75, 3.05) is 50.3 Å². The normalized spacial score (nSPS) is 15.4. The highest BCUT2D eigenvalue weighted by atomic mass is 32.1. The molecule has 11 heteroatoms. The average Bonchev–Trinajstić information content (AvgIpc) is 3.65. The Hall–Kier alpha value is -4.32. The molecule has 4 aromatic rings. The number of nitrogens with one attached hydrogen (secondary N) is 2. The number of fused-ring (bicyclic) bond motifs is 1. The molecule has 1 saturated heterocycles. The molecule has 1 fully saturated rings. The second-order valence-electron chi connectivity index (χ2n) is 10.1. The van der Waals surface area contributed by atoms with Crippen molar-refractivity contribution in [2.24, 2.45) is 0 Å². The Morgan fingerprint density at radius 2 is 1.88 bits per heavy atom. The fourth-order valence-electron chi connectivity index (χ4n) is 5.40. The van der Waals surface area contributed by atoms with Crippen LogP contribution in [0.4, 0.5) is 15.2 Å². The highest BCUT2D eigenvalue weighted by Gasteiger charge is 2.39. The zero-order valence-electron chi connectivity index (χ0n) is 23.0. The summed E-state index contributed by atoms with van der Waals surface area (Å²) in [6, 6.07) is 16.8. The van der Waals surface area contributed by atoms with Crippen molar-refractivity contribution >= 4 is 34.0 Å². The molecule has 3 heterocycles. The third-order valence-corrected chi connectivity index (χ3v) is 8.13. The lowest BCUT2D eigenvalue weighted by atomic mass is 10.00. The van der Waals surface area contributed by atoms with Crippen molar-refractivity contribution in [2.45, 2.75) is 12.6 Å². The van der Waals surface area contributed by atoms with Crippen LogP contribution in [0.2, 0.25) is 0 Å². The number of hydrogen-bond donors (Lipinski definition) is 2. The van der Waals surface area contributed by atoms with E-state index in [9.17, 15) is 14.0 Å². The van der Waals surface area contributed by atoms with Gasteiger partial charge in [-0.05, 0) is 53.1 Å². The van der Waals surface area contributed by atoms with E-state index in [1.54, 1.807) is 11.6 Å². The highest BCUT2D eigenvalue weighted by molar-refractivity contribution is 7.13. The molecular weight excluding hydrogens is 557 g/mol. The molecule has 3 aromatic carbocycles. The first kappa shape index (κ1) is 27.8. The summed E-state index contributed by atoms with van der Waals surface area (Å²) in [5, 5.41) is 8.24. The maximum atomic E-state index is 14.6. The van der Waals surface area contributed by atoms with Crippen LogP contribution in [-0.2, 0) is 16.1 Å². The smallest absolute Gasteiger partial charge is 0.255 e. The molecule has 2 amide bonds. The van der Waals surface area contributed by atoms with Crippen LogP contribution >= 0.6 is 11.3 Å². The SMILES string of the molecule is COCOc1ccc(F)cc1C(C(=O)Nc1nccs1)N1Cc2ccc(-c3ccc(N4CCNCC4)cc3)cc2C1=O. The standard InChI is InChI=1S/C31H30FN5O4S/c1-40-19-41-27-9-6-23(32)17-26(27)28(29(38)35-31-34-12-15-42-31)37-18-22-3-2-21(16-25(22)30(37)39)20-4-7-24(8-5-20)36-13-10-33-11-14-36/h2-9,12,15-17,28,33H,10-11,13-14,18-19H2,1H3,(H,34,35,38). The number of benzene rings is 3. The molecule has 2 N–H and O–H groups in total. The molecule has 0 aliphatic carbocycles. The van der Waals surface area contributed by atoms with Crippen LogP contribution in [0.1, 0.15) is 27.5 Å². The van der Waals surface area contributed by atoms with Gasteiger partial charge in [-0.15, -0.1) is 11.3 Å². The van der Waals surface area contributed by atoms with Gasteiger partial charge in [0, 0.05) is 68.2 Å². The van der Waals surface area contributed by atoms with Crippen LogP contribution < -0.4 is 20.3 Å². The number of methoxy groups -OCH3 is 1. The van der Waals surface area contributed by atoms with Gasteiger partial charge in [0.1, 0.15) is 17.6 Å². The van der Waals surface area contributed by atoms with Crippen LogP contribution in [0, 0.1) is 5.82 Å². The highest BCUT2D eigenvalue weighted by Crippen LogP contribution is 2.38. The minimum Gasteiger partial charge on any atom is -0.467 e. The van der Waals surface area contributed by atoms with Crippen molar-refractivity contribution in [3.8, 4) is 16.9 Å². The van der Waals surface area contributed by atoms with Gasteiger partial charge < -0.3 is 24.6 Å². The summed E-state index contributed by atoms with van der Waals surface area (Å²) < 4.78 is 25.3. The minimum absolute atomic E-state index is 0.107. The van der Waals surface area contributed by atoms with E-state index in [2.05, 4.69) is 44.8 Å². The molecule has 42 heavy (non-hydrogen) atoms. The van der Waals surface area contributed by atoms with E-state index in [-0.39, 0.29) is 30.6 Å². The molecule has 0 spiro atoms. The molecule has 0 bridgehead atoms. The molecule has 9 nitrogen and oxygen atoms in total. The molecule has 1 atom stereocenters. The molecule has 1 unspecified atom stereocenters. The van der Waals surface area contributed by atoms with E-state index in [4.69, 9.17) is 9.47 Å². The molecule has 2 aliphatic heterocycles. The van der Waals surface area contributed by atoms with Crippen LogP contribution in [0.25, 0.3) is 11.1 Å². The van der Waals surface area contributed by atoms with E-state index in [0.717, 1.165) is 42.9 Å². The lowest BCUT2D eigenvalue weighted by molar-refractivity contribution is -0.121. The van der Waals surface area contributed by atoms with Gasteiger partial charge in [0.2, 0.25) is 0 Å². The largest absolute Gasteiger partial charge is 0.467 e. The fourth-order valence-corrected chi connectivity index (χ4v) is 5.93.